The average Bonchev–Trinajstić information content (AvgIpc) is 2.78. The van der Waals surface area contributed by atoms with Crippen molar-refractivity contribution in [1.29, 1.82) is 0 Å². The predicted octanol–water partition coefficient (Wildman–Crippen LogP) is 0.986. The molecule has 0 amide bonds. The summed E-state index contributed by atoms with van der Waals surface area (Å²) in [6, 6.07) is 0.357. The number of aliphatic hydroxyl groups is 1. The number of aliphatic hydroxyl groups excluding tert-OH is 1. The van der Waals surface area contributed by atoms with Gasteiger partial charge in [0.1, 0.15) is 0 Å². The van der Waals surface area contributed by atoms with Crippen LogP contribution in [-0.4, -0.2) is 55.2 Å². The summed E-state index contributed by atoms with van der Waals surface area (Å²) in [5.74, 6) is 0. The highest BCUT2D eigenvalue weighted by Crippen LogP contribution is 2.17. The first kappa shape index (κ1) is 12.3. The first-order valence-electron chi connectivity index (χ1n) is 6.48. The molecule has 0 aromatic heterocycles. The number of likely N-dealkylation sites (tertiary alicyclic amines) is 1. The van der Waals surface area contributed by atoms with E-state index in [2.05, 4.69) is 4.90 Å². The van der Waals surface area contributed by atoms with Crippen LogP contribution in [0.2, 0.25) is 0 Å². The molecule has 1 N–H and O–H groups in total. The van der Waals surface area contributed by atoms with E-state index in [0.717, 1.165) is 39.1 Å². The van der Waals surface area contributed by atoms with Gasteiger partial charge in [0.05, 0.1) is 13.2 Å². The third-order valence-electron chi connectivity index (χ3n) is 3.53. The van der Waals surface area contributed by atoms with Crippen molar-refractivity contribution in [2.24, 2.45) is 0 Å². The summed E-state index contributed by atoms with van der Waals surface area (Å²) < 4.78 is 11.2. The second-order valence-corrected chi connectivity index (χ2v) is 4.68. The number of ether oxygens (including phenoxy) is 2. The quantitative estimate of drug-likeness (QED) is 0.763. The van der Waals surface area contributed by atoms with Crippen LogP contribution >= 0.6 is 0 Å². The molecule has 2 aliphatic rings. The molecule has 94 valence electrons. The third-order valence-corrected chi connectivity index (χ3v) is 3.53. The summed E-state index contributed by atoms with van der Waals surface area (Å²) in [5.41, 5.74) is 0. The molecule has 0 aliphatic carbocycles. The second kappa shape index (κ2) is 6.55. The van der Waals surface area contributed by atoms with Crippen LogP contribution in [0.4, 0.5) is 0 Å². The van der Waals surface area contributed by atoms with Crippen LogP contribution in [0.3, 0.4) is 0 Å². The molecule has 4 nitrogen and oxygen atoms in total. The second-order valence-electron chi connectivity index (χ2n) is 4.68. The fourth-order valence-electron chi connectivity index (χ4n) is 2.54. The number of nitrogens with zero attached hydrogens (tertiary/aromatic N) is 1. The van der Waals surface area contributed by atoms with E-state index < -0.39 is 0 Å². The molecule has 0 saturated carbocycles. The van der Waals surface area contributed by atoms with Gasteiger partial charge in [-0.15, -0.1) is 0 Å². The van der Waals surface area contributed by atoms with Crippen molar-refractivity contribution in [2.75, 3.05) is 32.9 Å². The molecule has 2 atom stereocenters. The molecule has 2 saturated heterocycles. The lowest BCUT2D eigenvalue weighted by Gasteiger charge is -2.26. The van der Waals surface area contributed by atoms with Crippen molar-refractivity contribution in [3.05, 3.63) is 0 Å². The maximum atomic E-state index is 9.18. The van der Waals surface area contributed by atoms with Crippen LogP contribution < -0.4 is 0 Å². The van der Waals surface area contributed by atoms with Crippen LogP contribution in [0.15, 0.2) is 0 Å². The third kappa shape index (κ3) is 3.42. The highest BCUT2D eigenvalue weighted by atomic mass is 16.7. The Morgan fingerprint density at radius 1 is 1.25 bits per heavy atom. The van der Waals surface area contributed by atoms with Crippen molar-refractivity contribution >= 4 is 0 Å². The van der Waals surface area contributed by atoms with Gasteiger partial charge < -0.3 is 14.6 Å². The monoisotopic (exact) mass is 229 g/mol. The molecule has 1 unspecified atom stereocenters. The molecule has 16 heavy (non-hydrogen) atoms. The summed E-state index contributed by atoms with van der Waals surface area (Å²) in [6.45, 7) is 3.86. The van der Waals surface area contributed by atoms with E-state index in [1.54, 1.807) is 0 Å². The van der Waals surface area contributed by atoms with Crippen LogP contribution in [-0.2, 0) is 9.47 Å². The van der Waals surface area contributed by atoms with Gasteiger partial charge in [0.25, 0.3) is 0 Å². The van der Waals surface area contributed by atoms with Gasteiger partial charge in [-0.3, -0.25) is 4.90 Å². The van der Waals surface area contributed by atoms with Crippen molar-refractivity contribution in [3.8, 4) is 0 Å². The molecule has 0 spiro atoms. The Bertz CT molecular complexity index is 195. The van der Waals surface area contributed by atoms with Crippen molar-refractivity contribution in [3.63, 3.8) is 0 Å². The largest absolute Gasteiger partial charge is 0.395 e. The standard InChI is InChI=1S/C12H23NO3/c14-10-11-4-3-6-13(11)7-9-16-12-5-1-2-8-15-12/h11-12,14H,1-10H2/t11-,12?/m1/s1. The van der Waals surface area contributed by atoms with Gasteiger partial charge in [-0.05, 0) is 38.6 Å². The molecule has 2 rings (SSSR count). The van der Waals surface area contributed by atoms with E-state index in [0.29, 0.717) is 6.04 Å². The van der Waals surface area contributed by atoms with E-state index in [1.165, 1.54) is 19.3 Å². The lowest BCUT2D eigenvalue weighted by atomic mass is 10.2. The average molecular weight is 229 g/mol. The van der Waals surface area contributed by atoms with Gasteiger partial charge in [0.2, 0.25) is 0 Å². The fraction of sp³-hybridized carbons (Fsp3) is 1.00. The van der Waals surface area contributed by atoms with Gasteiger partial charge in [-0.25, -0.2) is 0 Å². The zero-order valence-electron chi connectivity index (χ0n) is 9.94. The zero-order valence-corrected chi connectivity index (χ0v) is 9.94. The Labute approximate surface area is 97.5 Å². The SMILES string of the molecule is OC[C@H]1CCCN1CCOC1CCCCO1. The van der Waals surface area contributed by atoms with Gasteiger partial charge in [-0.2, -0.15) is 0 Å². The van der Waals surface area contributed by atoms with Gasteiger partial charge in [0, 0.05) is 19.2 Å². The predicted molar refractivity (Wildman–Crippen MR) is 61.2 cm³/mol. The Balaban J connectivity index is 1.59. The van der Waals surface area contributed by atoms with Gasteiger partial charge in [-0.1, -0.05) is 0 Å². The minimum Gasteiger partial charge on any atom is -0.395 e. The molecule has 0 aromatic rings. The summed E-state index contributed by atoms with van der Waals surface area (Å²) >= 11 is 0. The van der Waals surface area contributed by atoms with Crippen LogP contribution in [0.1, 0.15) is 32.1 Å². The molecular formula is C12H23NO3. The smallest absolute Gasteiger partial charge is 0.157 e. The van der Waals surface area contributed by atoms with E-state index in [1.807, 2.05) is 0 Å². The Morgan fingerprint density at radius 2 is 2.19 bits per heavy atom. The lowest BCUT2D eigenvalue weighted by Crippen LogP contribution is -2.36. The molecule has 2 fully saturated rings. The summed E-state index contributed by atoms with van der Waals surface area (Å²) in [6.07, 6.45) is 5.75. The fourth-order valence-corrected chi connectivity index (χ4v) is 2.54. The Hall–Kier alpha value is -0.160. The van der Waals surface area contributed by atoms with E-state index in [9.17, 15) is 5.11 Å². The Morgan fingerprint density at radius 3 is 2.94 bits per heavy atom. The van der Waals surface area contributed by atoms with Crippen molar-refractivity contribution < 1.29 is 14.6 Å². The minimum absolute atomic E-state index is 0.0175. The Kier molecular flexibility index (Phi) is 5.03. The van der Waals surface area contributed by atoms with E-state index in [-0.39, 0.29) is 12.9 Å². The van der Waals surface area contributed by atoms with Crippen LogP contribution in [0.25, 0.3) is 0 Å². The van der Waals surface area contributed by atoms with Crippen LogP contribution in [0.5, 0.6) is 0 Å². The minimum atomic E-state index is 0.0175. The highest BCUT2D eigenvalue weighted by molar-refractivity contribution is 4.77. The van der Waals surface area contributed by atoms with Gasteiger partial charge >= 0.3 is 0 Å². The van der Waals surface area contributed by atoms with E-state index >= 15 is 0 Å². The van der Waals surface area contributed by atoms with Gasteiger partial charge in [0.15, 0.2) is 6.29 Å². The molecule has 2 aliphatic heterocycles. The van der Waals surface area contributed by atoms with E-state index in [4.69, 9.17) is 9.47 Å². The summed E-state index contributed by atoms with van der Waals surface area (Å²) in [5, 5.41) is 9.18. The van der Waals surface area contributed by atoms with Crippen LogP contribution in [0, 0.1) is 0 Å². The molecule has 4 heteroatoms. The number of hydrogen-bond acceptors (Lipinski definition) is 4. The molecule has 0 bridgehead atoms. The first-order chi connectivity index (χ1) is 7.90. The van der Waals surface area contributed by atoms with Crippen molar-refractivity contribution in [1.82, 2.24) is 4.90 Å². The topological polar surface area (TPSA) is 41.9 Å². The molecule has 2 heterocycles. The number of hydrogen-bond donors (Lipinski definition) is 1. The maximum absolute atomic E-state index is 9.18. The zero-order chi connectivity index (χ0) is 11.2. The first-order valence-corrected chi connectivity index (χ1v) is 6.48. The maximum Gasteiger partial charge on any atom is 0.157 e. The molecule has 0 radical (unpaired) electrons. The number of rotatable bonds is 5. The highest BCUT2D eigenvalue weighted by Gasteiger charge is 2.23. The lowest BCUT2D eigenvalue weighted by molar-refractivity contribution is -0.164. The molecule has 0 aromatic carbocycles. The molecular weight excluding hydrogens is 206 g/mol. The normalized spacial score (nSPS) is 32.1. The summed E-state index contributed by atoms with van der Waals surface area (Å²) in [4.78, 5) is 2.32. The summed E-state index contributed by atoms with van der Waals surface area (Å²) in [7, 11) is 0. The van der Waals surface area contributed by atoms with Crippen molar-refractivity contribution in [2.45, 2.75) is 44.4 Å².